The first-order chi connectivity index (χ1) is 7.68. The van der Waals surface area contributed by atoms with E-state index in [1.807, 2.05) is 37.3 Å². The van der Waals surface area contributed by atoms with Crippen LogP contribution >= 0.6 is 0 Å². The van der Waals surface area contributed by atoms with E-state index >= 15 is 0 Å². The molecule has 1 atom stereocenters. The van der Waals surface area contributed by atoms with Gasteiger partial charge in [-0.05, 0) is 12.5 Å². The minimum Gasteiger partial charge on any atom is -0.258 e. The fourth-order valence-electron chi connectivity index (χ4n) is 1.52. The first-order valence-electron chi connectivity index (χ1n) is 4.92. The molecule has 1 aromatic carbocycles. The van der Waals surface area contributed by atoms with Crippen LogP contribution < -0.4 is 0 Å². The molecule has 1 unspecified atom stereocenters. The van der Waals surface area contributed by atoms with Crippen molar-refractivity contribution in [3.8, 4) is 0 Å². The molecule has 1 heterocycles. The highest BCUT2D eigenvalue weighted by atomic mass is 16.6. The van der Waals surface area contributed by atoms with E-state index in [0.29, 0.717) is 0 Å². The second-order valence-corrected chi connectivity index (χ2v) is 3.52. The van der Waals surface area contributed by atoms with Gasteiger partial charge in [-0.2, -0.15) is 5.10 Å². The molecule has 16 heavy (non-hydrogen) atoms. The monoisotopic (exact) mass is 217 g/mol. The summed E-state index contributed by atoms with van der Waals surface area (Å²) in [7, 11) is 0. The highest BCUT2D eigenvalue weighted by molar-refractivity contribution is 5.24. The Balaban J connectivity index is 2.27. The second-order valence-electron chi connectivity index (χ2n) is 3.52. The Kier molecular flexibility index (Phi) is 2.68. The van der Waals surface area contributed by atoms with Gasteiger partial charge in [0.25, 0.3) is 0 Å². The molecule has 5 nitrogen and oxygen atoms in total. The minimum absolute atomic E-state index is 0.00472. The molecule has 5 heteroatoms. The summed E-state index contributed by atoms with van der Waals surface area (Å²) in [5, 5.41) is 14.5. The molecule has 0 bridgehead atoms. The quantitative estimate of drug-likeness (QED) is 0.585. The molecule has 0 aliphatic rings. The van der Waals surface area contributed by atoms with Crippen LogP contribution in [-0.4, -0.2) is 14.7 Å². The third-order valence-corrected chi connectivity index (χ3v) is 2.48. The SMILES string of the molecule is CC(c1ccccc1)n1cc([N+](=O)[O-])cn1. The van der Waals surface area contributed by atoms with Gasteiger partial charge in [-0.25, -0.2) is 0 Å². The predicted molar refractivity (Wildman–Crippen MR) is 59.1 cm³/mol. The van der Waals surface area contributed by atoms with Crippen molar-refractivity contribution in [3.63, 3.8) is 0 Å². The van der Waals surface area contributed by atoms with Gasteiger partial charge in [-0.15, -0.1) is 0 Å². The summed E-state index contributed by atoms with van der Waals surface area (Å²) in [5.41, 5.74) is 1.09. The Labute approximate surface area is 92.5 Å². The molecule has 0 radical (unpaired) electrons. The molecule has 82 valence electrons. The van der Waals surface area contributed by atoms with Crippen LogP contribution in [0.25, 0.3) is 0 Å². The lowest BCUT2D eigenvalue weighted by atomic mass is 10.1. The Morgan fingerprint density at radius 2 is 2.06 bits per heavy atom. The lowest BCUT2D eigenvalue weighted by molar-refractivity contribution is -0.385. The lowest BCUT2D eigenvalue weighted by Crippen LogP contribution is -2.06. The Hall–Kier alpha value is -2.17. The Morgan fingerprint density at radius 3 is 2.62 bits per heavy atom. The number of nitrogens with zero attached hydrogens (tertiary/aromatic N) is 3. The van der Waals surface area contributed by atoms with Gasteiger partial charge in [-0.1, -0.05) is 30.3 Å². The summed E-state index contributed by atoms with van der Waals surface area (Å²) in [6.45, 7) is 1.95. The summed E-state index contributed by atoms with van der Waals surface area (Å²) in [6.07, 6.45) is 2.71. The second kappa shape index (κ2) is 4.14. The van der Waals surface area contributed by atoms with E-state index < -0.39 is 4.92 Å². The van der Waals surface area contributed by atoms with Crippen molar-refractivity contribution in [2.45, 2.75) is 13.0 Å². The van der Waals surface area contributed by atoms with Crippen LogP contribution in [0.2, 0.25) is 0 Å². The van der Waals surface area contributed by atoms with Gasteiger partial charge in [0.2, 0.25) is 0 Å². The highest BCUT2D eigenvalue weighted by Crippen LogP contribution is 2.19. The number of benzene rings is 1. The molecule has 0 aliphatic heterocycles. The van der Waals surface area contributed by atoms with Crippen molar-refractivity contribution in [2.75, 3.05) is 0 Å². The van der Waals surface area contributed by atoms with Crippen molar-refractivity contribution in [3.05, 3.63) is 58.4 Å². The maximum Gasteiger partial charge on any atom is 0.307 e. The van der Waals surface area contributed by atoms with E-state index in [9.17, 15) is 10.1 Å². The minimum atomic E-state index is -0.443. The summed E-state index contributed by atoms with van der Waals surface area (Å²) in [4.78, 5) is 10.1. The summed E-state index contributed by atoms with van der Waals surface area (Å²) in [6, 6.07) is 9.74. The topological polar surface area (TPSA) is 61.0 Å². The van der Waals surface area contributed by atoms with E-state index in [4.69, 9.17) is 0 Å². The van der Waals surface area contributed by atoms with Crippen LogP contribution in [0, 0.1) is 10.1 Å². The molecule has 2 aromatic rings. The smallest absolute Gasteiger partial charge is 0.258 e. The van der Waals surface area contributed by atoms with Crippen molar-refractivity contribution in [2.24, 2.45) is 0 Å². The molecule has 1 aromatic heterocycles. The maximum atomic E-state index is 10.5. The molecule has 0 fully saturated rings. The van der Waals surface area contributed by atoms with Crippen molar-refractivity contribution < 1.29 is 4.92 Å². The van der Waals surface area contributed by atoms with Crippen LogP contribution in [0.4, 0.5) is 5.69 Å². The first-order valence-corrected chi connectivity index (χ1v) is 4.92. The molecule has 0 amide bonds. The van der Waals surface area contributed by atoms with Crippen molar-refractivity contribution in [1.29, 1.82) is 0 Å². The molecule has 0 saturated carbocycles. The summed E-state index contributed by atoms with van der Waals surface area (Å²) < 4.78 is 1.59. The molecule has 0 saturated heterocycles. The highest BCUT2D eigenvalue weighted by Gasteiger charge is 2.13. The largest absolute Gasteiger partial charge is 0.307 e. The normalized spacial score (nSPS) is 12.3. The molecule has 0 aliphatic carbocycles. The van der Waals surface area contributed by atoms with Gasteiger partial charge in [0, 0.05) is 0 Å². The van der Waals surface area contributed by atoms with Gasteiger partial charge < -0.3 is 0 Å². The molecule has 0 spiro atoms. The van der Waals surface area contributed by atoms with Crippen LogP contribution in [0.1, 0.15) is 18.5 Å². The zero-order chi connectivity index (χ0) is 11.5. The van der Waals surface area contributed by atoms with Gasteiger partial charge in [-0.3, -0.25) is 14.8 Å². The van der Waals surface area contributed by atoms with Crippen molar-refractivity contribution in [1.82, 2.24) is 9.78 Å². The van der Waals surface area contributed by atoms with Crippen LogP contribution in [0.5, 0.6) is 0 Å². The fourth-order valence-corrected chi connectivity index (χ4v) is 1.52. The van der Waals surface area contributed by atoms with Crippen LogP contribution in [0.3, 0.4) is 0 Å². The Bertz CT molecular complexity index is 493. The predicted octanol–water partition coefficient (Wildman–Crippen LogP) is 2.40. The third-order valence-electron chi connectivity index (χ3n) is 2.48. The van der Waals surface area contributed by atoms with Crippen LogP contribution in [-0.2, 0) is 0 Å². The van der Waals surface area contributed by atoms with Gasteiger partial charge in [0.05, 0.1) is 11.0 Å². The fraction of sp³-hybridized carbons (Fsp3) is 0.182. The molecular weight excluding hydrogens is 206 g/mol. The zero-order valence-corrected chi connectivity index (χ0v) is 8.78. The standard InChI is InChI=1S/C11H11N3O2/c1-9(10-5-3-2-4-6-10)13-8-11(7-12-13)14(15)16/h2-9H,1H3. The van der Waals surface area contributed by atoms with E-state index in [1.54, 1.807) is 4.68 Å². The molecular formula is C11H11N3O2. The van der Waals surface area contributed by atoms with E-state index in [0.717, 1.165) is 5.56 Å². The van der Waals surface area contributed by atoms with Crippen molar-refractivity contribution >= 4 is 5.69 Å². The van der Waals surface area contributed by atoms with Gasteiger partial charge >= 0.3 is 5.69 Å². The summed E-state index contributed by atoms with van der Waals surface area (Å²) >= 11 is 0. The lowest BCUT2D eigenvalue weighted by Gasteiger charge is -2.11. The maximum absolute atomic E-state index is 10.5. The third kappa shape index (κ3) is 1.93. The Morgan fingerprint density at radius 1 is 1.38 bits per heavy atom. The summed E-state index contributed by atoms with van der Waals surface area (Å²) in [5.74, 6) is 0. The number of nitro groups is 1. The zero-order valence-electron chi connectivity index (χ0n) is 8.78. The average molecular weight is 217 g/mol. The number of rotatable bonds is 3. The van der Waals surface area contributed by atoms with E-state index in [2.05, 4.69) is 5.10 Å². The molecule has 0 N–H and O–H groups in total. The number of hydrogen-bond acceptors (Lipinski definition) is 3. The van der Waals surface area contributed by atoms with E-state index in [-0.39, 0.29) is 11.7 Å². The van der Waals surface area contributed by atoms with Gasteiger partial charge in [0.15, 0.2) is 0 Å². The first kappa shape index (κ1) is 10.4. The van der Waals surface area contributed by atoms with Crippen LogP contribution in [0.15, 0.2) is 42.7 Å². The number of hydrogen-bond donors (Lipinski definition) is 0. The molecule has 2 rings (SSSR count). The number of aromatic nitrogens is 2. The van der Waals surface area contributed by atoms with Gasteiger partial charge in [0.1, 0.15) is 12.4 Å². The average Bonchev–Trinajstić information content (AvgIpc) is 2.78. The van der Waals surface area contributed by atoms with E-state index in [1.165, 1.54) is 12.4 Å².